The minimum Gasteiger partial charge on any atom is -0.544 e. The number of benzene rings is 1. The molecule has 29 heavy (non-hydrogen) atoms. The maximum atomic E-state index is 11.3. The molecule has 0 spiro atoms. The summed E-state index contributed by atoms with van der Waals surface area (Å²) in [5, 5.41) is 11.3. The van der Waals surface area contributed by atoms with Gasteiger partial charge in [-0.3, -0.25) is 0 Å². The zero-order valence-corrected chi connectivity index (χ0v) is 21.4. The molecule has 3 aliphatic carbocycles. The van der Waals surface area contributed by atoms with Gasteiger partial charge in [0.25, 0.3) is 0 Å². The van der Waals surface area contributed by atoms with Crippen molar-refractivity contribution in [3.63, 3.8) is 0 Å². The predicted molar refractivity (Wildman–Crippen MR) is 125 cm³/mol. The first-order valence-electron chi connectivity index (χ1n) is 11.6. The molecule has 2 unspecified atom stereocenters. The second kappa shape index (κ2) is 7.21. The lowest BCUT2D eigenvalue weighted by Crippen LogP contribution is -2.50. The largest absolute Gasteiger partial charge is 0.544 e. The molecule has 0 aromatic heterocycles. The molecule has 0 aliphatic heterocycles. The van der Waals surface area contributed by atoms with E-state index in [0.29, 0.717) is 23.9 Å². The Morgan fingerprint density at radius 1 is 1.00 bits per heavy atom. The Labute approximate surface area is 179 Å². The van der Waals surface area contributed by atoms with E-state index >= 15 is 0 Å². The molecule has 0 bridgehead atoms. The number of aliphatic hydroxyl groups excluding tert-OH is 1. The first-order chi connectivity index (χ1) is 13.4. The van der Waals surface area contributed by atoms with Gasteiger partial charge < -0.3 is 14.0 Å². The first kappa shape index (κ1) is 21.6. The highest BCUT2D eigenvalue weighted by Gasteiger charge is 2.57. The lowest BCUT2D eigenvalue weighted by Gasteiger charge is -2.52. The summed E-state index contributed by atoms with van der Waals surface area (Å²) in [4.78, 5) is 0. The van der Waals surface area contributed by atoms with Gasteiger partial charge in [-0.2, -0.15) is 0 Å². The smallest absolute Gasteiger partial charge is 0.242 e. The van der Waals surface area contributed by atoms with Crippen molar-refractivity contribution in [2.24, 2.45) is 17.3 Å². The summed E-state index contributed by atoms with van der Waals surface area (Å²) in [6.45, 7) is 16.0. The van der Waals surface area contributed by atoms with Crippen molar-refractivity contribution in [2.45, 2.75) is 96.4 Å². The monoisotopic (exact) mass is 432 g/mol. The Morgan fingerprint density at radius 2 is 1.72 bits per heavy atom. The maximum Gasteiger partial charge on any atom is 0.242 e. The molecule has 2 fully saturated rings. The van der Waals surface area contributed by atoms with Crippen LogP contribution in [0.25, 0.3) is 0 Å². The molecule has 1 N–H and O–H groups in total. The second-order valence-electron chi connectivity index (χ2n) is 12.0. The van der Waals surface area contributed by atoms with Crippen LogP contribution < -0.4 is 4.43 Å². The fourth-order valence-corrected chi connectivity index (χ4v) is 8.64. The third kappa shape index (κ3) is 4.12. The van der Waals surface area contributed by atoms with Crippen LogP contribution in [0.1, 0.15) is 49.7 Å². The van der Waals surface area contributed by atoms with Gasteiger partial charge in [0, 0.05) is 0 Å². The Balaban J connectivity index is 1.61. The SMILES string of the molecule is C[C@]12CC[C@@H]3c4ccc(O[Si](C)(C)C)cc4CC(O)[C@H]3[C@@H]1CCC2O[Si](C)(C)C. The van der Waals surface area contributed by atoms with Crippen LogP contribution in [0.3, 0.4) is 0 Å². The highest BCUT2D eigenvalue weighted by Crippen LogP contribution is 2.61. The lowest BCUT2D eigenvalue weighted by atomic mass is 9.54. The van der Waals surface area contributed by atoms with Gasteiger partial charge in [-0.25, -0.2) is 0 Å². The molecule has 0 radical (unpaired) electrons. The standard InChI is InChI=1S/C24H40O3Si2/c1-24-13-12-19-18-9-8-17(26-28(2,3)4)14-16(18)15-21(25)23(19)20(24)10-11-22(24)27-29(5,6)7/h8-9,14,19-23,25H,10-13,15H2,1-7H3/t19-,20+,21?,22?,23-,24+/m1/s1. The Kier molecular flexibility index (Phi) is 5.37. The molecule has 0 heterocycles. The van der Waals surface area contributed by atoms with Crippen molar-refractivity contribution in [1.82, 2.24) is 0 Å². The minimum absolute atomic E-state index is 0.223. The quantitative estimate of drug-likeness (QED) is 0.598. The number of hydrogen-bond acceptors (Lipinski definition) is 3. The van der Waals surface area contributed by atoms with E-state index < -0.39 is 16.6 Å². The van der Waals surface area contributed by atoms with Gasteiger partial charge >= 0.3 is 0 Å². The van der Waals surface area contributed by atoms with E-state index in [1.54, 1.807) is 0 Å². The van der Waals surface area contributed by atoms with E-state index in [0.717, 1.165) is 18.6 Å². The van der Waals surface area contributed by atoms with Crippen LogP contribution in [-0.4, -0.2) is 33.9 Å². The molecule has 0 saturated heterocycles. The highest BCUT2D eigenvalue weighted by molar-refractivity contribution is 6.70. The Hall–Kier alpha value is -0.626. The van der Waals surface area contributed by atoms with Crippen molar-refractivity contribution < 1.29 is 14.0 Å². The summed E-state index contributed by atoms with van der Waals surface area (Å²) < 4.78 is 12.9. The van der Waals surface area contributed by atoms with Crippen LogP contribution in [0.5, 0.6) is 5.75 Å². The molecule has 1 aromatic carbocycles. The molecule has 3 aliphatic rings. The van der Waals surface area contributed by atoms with Crippen molar-refractivity contribution in [2.75, 3.05) is 0 Å². The van der Waals surface area contributed by atoms with Crippen LogP contribution in [0.15, 0.2) is 18.2 Å². The summed E-state index contributed by atoms with van der Waals surface area (Å²) in [7, 11) is -3.19. The molecular formula is C24H40O3Si2. The highest BCUT2D eigenvalue weighted by atomic mass is 28.4. The van der Waals surface area contributed by atoms with E-state index in [4.69, 9.17) is 8.85 Å². The van der Waals surface area contributed by atoms with Gasteiger partial charge in [0.1, 0.15) is 5.75 Å². The Morgan fingerprint density at radius 3 is 2.38 bits per heavy atom. The van der Waals surface area contributed by atoms with Crippen LogP contribution in [0.2, 0.25) is 39.3 Å². The van der Waals surface area contributed by atoms with Crippen LogP contribution in [-0.2, 0) is 10.8 Å². The summed E-state index contributed by atoms with van der Waals surface area (Å²) >= 11 is 0. The summed E-state index contributed by atoms with van der Waals surface area (Å²) in [6, 6.07) is 6.69. The van der Waals surface area contributed by atoms with Gasteiger partial charge in [-0.05, 0) is 118 Å². The zero-order chi connectivity index (χ0) is 21.2. The average Bonchev–Trinajstić information content (AvgIpc) is 2.88. The molecule has 5 heteroatoms. The third-order valence-corrected chi connectivity index (χ3v) is 9.39. The van der Waals surface area contributed by atoms with Crippen LogP contribution in [0.4, 0.5) is 0 Å². The second-order valence-corrected chi connectivity index (χ2v) is 20.9. The number of hydrogen-bond donors (Lipinski definition) is 1. The summed E-state index contributed by atoms with van der Waals surface area (Å²) in [5.41, 5.74) is 3.01. The van der Waals surface area contributed by atoms with Gasteiger partial charge in [-0.1, -0.05) is 13.0 Å². The molecule has 1 aromatic rings. The Bertz CT molecular complexity index is 766. The minimum atomic E-state index is -1.62. The summed E-state index contributed by atoms with van der Waals surface area (Å²) in [6.07, 6.45) is 5.65. The normalized spacial score (nSPS) is 36.9. The van der Waals surface area contributed by atoms with Crippen LogP contribution in [0, 0.1) is 17.3 Å². The number of fused-ring (bicyclic) bond motifs is 5. The van der Waals surface area contributed by atoms with Crippen molar-refractivity contribution >= 4 is 16.6 Å². The van der Waals surface area contributed by atoms with E-state index in [-0.39, 0.29) is 11.5 Å². The fraction of sp³-hybridized carbons (Fsp3) is 0.750. The molecule has 0 amide bonds. The maximum absolute atomic E-state index is 11.3. The van der Waals surface area contributed by atoms with E-state index in [1.807, 2.05) is 0 Å². The molecule has 4 rings (SSSR count). The average molecular weight is 433 g/mol. The predicted octanol–water partition coefficient (Wildman–Crippen LogP) is 5.95. The molecule has 6 atom stereocenters. The third-order valence-electron chi connectivity index (χ3n) is 7.55. The van der Waals surface area contributed by atoms with Crippen molar-refractivity contribution in [3.05, 3.63) is 29.3 Å². The molecule has 3 nitrogen and oxygen atoms in total. The van der Waals surface area contributed by atoms with E-state index in [2.05, 4.69) is 64.4 Å². The van der Waals surface area contributed by atoms with Gasteiger partial charge in [0.05, 0.1) is 12.2 Å². The number of aliphatic hydroxyl groups is 1. The van der Waals surface area contributed by atoms with Gasteiger partial charge in [0.15, 0.2) is 8.32 Å². The number of rotatable bonds is 4. The van der Waals surface area contributed by atoms with Crippen molar-refractivity contribution in [1.29, 1.82) is 0 Å². The van der Waals surface area contributed by atoms with Crippen molar-refractivity contribution in [3.8, 4) is 5.75 Å². The van der Waals surface area contributed by atoms with E-state index in [9.17, 15) is 5.11 Å². The molecule has 162 valence electrons. The lowest BCUT2D eigenvalue weighted by molar-refractivity contribution is -0.0579. The van der Waals surface area contributed by atoms with Gasteiger partial charge in [-0.15, -0.1) is 0 Å². The first-order valence-corrected chi connectivity index (χ1v) is 18.4. The van der Waals surface area contributed by atoms with Gasteiger partial charge in [0.2, 0.25) is 8.32 Å². The molecular weight excluding hydrogens is 392 g/mol. The van der Waals surface area contributed by atoms with E-state index in [1.165, 1.54) is 30.4 Å². The van der Waals surface area contributed by atoms with Crippen LogP contribution >= 0.6 is 0 Å². The zero-order valence-electron chi connectivity index (χ0n) is 19.4. The fourth-order valence-electron chi connectivity index (χ4n) is 6.57. The topological polar surface area (TPSA) is 38.7 Å². The summed E-state index contributed by atoms with van der Waals surface area (Å²) in [5.74, 6) is 2.42. The molecule has 2 saturated carbocycles.